The van der Waals surface area contributed by atoms with Crippen molar-refractivity contribution in [2.75, 3.05) is 7.05 Å². The van der Waals surface area contributed by atoms with E-state index in [1.807, 2.05) is 19.2 Å². The molecule has 10 heteroatoms. The van der Waals surface area contributed by atoms with E-state index in [1.165, 1.54) is 22.3 Å². The molecule has 20 rings (SSSR count). The van der Waals surface area contributed by atoms with E-state index < -0.39 is 92.3 Å². The Morgan fingerprint density at radius 3 is 2.33 bits per heavy atom. The van der Waals surface area contributed by atoms with E-state index in [0.717, 1.165) is 118 Å². The highest BCUT2D eigenvalue weighted by molar-refractivity contribution is 5.86. The summed E-state index contributed by atoms with van der Waals surface area (Å²) >= 11 is 0. The monoisotopic (exact) mass is 1300 g/mol. The number of carbonyl (C=O) groups is 2. The first-order valence-electron chi connectivity index (χ1n) is 38.5. The van der Waals surface area contributed by atoms with Crippen LogP contribution >= 0.6 is 0 Å². The molecule has 13 aliphatic carbocycles. The molecule has 4 aromatic carbocycles. The van der Waals surface area contributed by atoms with E-state index in [9.17, 15) is 9.90 Å². The van der Waals surface area contributed by atoms with Gasteiger partial charge in [0.1, 0.15) is 23.6 Å². The lowest BCUT2D eigenvalue weighted by Gasteiger charge is -2.77. The van der Waals surface area contributed by atoms with Crippen molar-refractivity contribution in [3.05, 3.63) is 154 Å². The standard InChI is InChI=1S/C87H101NO9/c1-50-58-23-22-54(35-58)34-52-14-9-15-53(33-52)36-64-39-63-40-68-66-21-11-19-60-44-82-47-81(30-28-55(43-81)32-51-12-5-3-6-13-51)31-29-57-18-10-20-61(46-89)67(57)41-74(88-2)69-37-62(76(82)70-42-75(91)97-77(69)70)45-85(82,93)87(95)78(60)83(49-90)48-84(63,71(68)27-25-65(66)56-16-7-4-8-17-56)80(96-64)72-26-24-59(50)38-73(79(87)92)86(72,83)94/h3-10,12-18,20,33,42,49-50,54-55,58-60,62-66,68-69,71-74,76-80,88-89,92-95H,21-28,30,32,34-41,43-48H2,1-2H3. The molecule has 3 spiro atoms. The molecule has 10 saturated carbocycles. The van der Waals surface area contributed by atoms with Crippen molar-refractivity contribution in [1.29, 1.82) is 0 Å². The number of likely N-dealkylation sites (N-methyl/N-ethyl adjacent to an activating group) is 1. The van der Waals surface area contributed by atoms with Crippen molar-refractivity contribution in [2.45, 2.75) is 214 Å². The number of carbonyl (C=O) groups excluding carboxylic acids is 2. The highest BCUT2D eigenvalue weighted by Gasteiger charge is 2.90. The van der Waals surface area contributed by atoms with Gasteiger partial charge in [0.2, 0.25) is 0 Å². The maximum absolute atomic E-state index is 16.6. The zero-order valence-corrected chi connectivity index (χ0v) is 57.0. The van der Waals surface area contributed by atoms with Gasteiger partial charge in [0, 0.05) is 69.9 Å². The molecule has 1 saturated heterocycles. The Balaban J connectivity index is 0.867. The Morgan fingerprint density at radius 2 is 1.52 bits per heavy atom. The van der Waals surface area contributed by atoms with Crippen LogP contribution in [0.15, 0.2) is 115 Å². The Morgan fingerprint density at radius 1 is 0.732 bits per heavy atom. The van der Waals surface area contributed by atoms with E-state index in [2.05, 4.69) is 127 Å². The molecule has 16 aliphatic rings. The number of rotatable bonds is 6. The summed E-state index contributed by atoms with van der Waals surface area (Å²) in [5, 5.41) is 78.0. The number of aliphatic hydroxyl groups is 5. The summed E-state index contributed by atoms with van der Waals surface area (Å²) in [4.78, 5) is 31.2. The summed E-state index contributed by atoms with van der Waals surface area (Å²) in [5.74, 6) is 13.8. The first-order chi connectivity index (χ1) is 47.1. The fraction of sp³-hybridized carbons (Fsp3) is 0.632. The first kappa shape index (κ1) is 62.6. The van der Waals surface area contributed by atoms with Crippen LogP contribution in [0.2, 0.25) is 0 Å². The molecule has 97 heavy (non-hydrogen) atoms. The van der Waals surface area contributed by atoms with Crippen molar-refractivity contribution in [1.82, 2.24) is 5.32 Å². The summed E-state index contributed by atoms with van der Waals surface area (Å²) in [6.45, 7) is 2.30. The van der Waals surface area contributed by atoms with Crippen LogP contribution in [-0.4, -0.2) is 92.1 Å². The number of esters is 1. The quantitative estimate of drug-likeness (QED) is 0.0622. The average Bonchev–Trinajstić information content (AvgIpc) is 1.55. The summed E-state index contributed by atoms with van der Waals surface area (Å²) in [6, 6.07) is 37.1. The van der Waals surface area contributed by atoms with Crippen molar-refractivity contribution in [3.8, 4) is 23.7 Å². The molecule has 508 valence electrons. The van der Waals surface area contributed by atoms with Crippen LogP contribution in [0, 0.1) is 140 Å². The fourth-order valence-electron chi connectivity index (χ4n) is 29.0. The number of nitrogens with one attached hydrogen (secondary N) is 1. The van der Waals surface area contributed by atoms with Crippen LogP contribution in [0.5, 0.6) is 0 Å². The van der Waals surface area contributed by atoms with E-state index in [1.54, 1.807) is 6.08 Å². The largest absolute Gasteiger partial charge is 0.454 e. The highest BCUT2D eigenvalue weighted by atomic mass is 16.5. The molecule has 0 aromatic heterocycles. The second-order valence-corrected chi connectivity index (χ2v) is 35.6. The van der Waals surface area contributed by atoms with Gasteiger partial charge < -0.3 is 45.1 Å². The molecule has 17 bridgehead atoms. The zero-order valence-electron chi connectivity index (χ0n) is 57.0. The molecule has 3 aliphatic heterocycles. The lowest BCUT2D eigenvalue weighted by molar-refractivity contribution is -0.400. The minimum Gasteiger partial charge on any atom is -0.454 e. The van der Waals surface area contributed by atoms with Crippen LogP contribution in [-0.2, 0) is 51.4 Å². The van der Waals surface area contributed by atoms with Crippen molar-refractivity contribution in [3.63, 3.8) is 0 Å². The molecular weight excluding hydrogens is 1200 g/mol. The third-order valence-electron chi connectivity index (χ3n) is 32.2. The third-order valence-corrected chi connectivity index (χ3v) is 32.2. The average molecular weight is 1300 g/mol. The van der Waals surface area contributed by atoms with Crippen LogP contribution in [0.25, 0.3) is 0 Å². The number of aliphatic hydroxyl groups excluding tert-OH is 2. The van der Waals surface area contributed by atoms with Gasteiger partial charge in [-0.1, -0.05) is 122 Å². The lowest BCUT2D eigenvalue weighted by Crippen LogP contribution is -2.88. The molecule has 3 heterocycles. The SMILES string of the molecule is CNC1Cc2c(cccc2CO)C#CC2(CCC(Cc3ccccc3)C2)CC23CC4C#CCC5C(c6ccccc6)CCC6C5CC5CC7Cc8cccc(c8)CC8CCC(C8)C(C)C8CCC9C(O7)C56CC5(C=O)C4C(O)(C(O)C(C8)C95O)C2(O)CC2CC1C1OC(=O)C=C1C23. The fourth-order valence-corrected chi connectivity index (χ4v) is 29.0. The first-order valence-corrected chi connectivity index (χ1v) is 38.5. The Kier molecular flexibility index (Phi) is 14.6. The summed E-state index contributed by atoms with van der Waals surface area (Å²) in [7, 11) is 1.97. The number of hydrogen-bond acceptors (Lipinski definition) is 10. The number of ether oxygens (including phenoxy) is 2. The maximum atomic E-state index is 16.6. The van der Waals surface area contributed by atoms with Crippen molar-refractivity contribution < 1.29 is 44.6 Å². The van der Waals surface area contributed by atoms with E-state index in [-0.39, 0.29) is 90.8 Å². The van der Waals surface area contributed by atoms with E-state index >= 15 is 25.2 Å². The molecule has 4 aromatic rings. The Bertz CT molecular complexity index is 3980. The summed E-state index contributed by atoms with van der Waals surface area (Å²) in [6.07, 6.45) is 17.0. The molecule has 11 fully saturated rings. The third kappa shape index (κ3) is 8.66. The van der Waals surface area contributed by atoms with Crippen molar-refractivity contribution >= 4 is 12.3 Å². The van der Waals surface area contributed by atoms with Gasteiger partial charge >= 0.3 is 5.97 Å². The molecule has 10 nitrogen and oxygen atoms in total. The number of benzene rings is 4. The molecular formula is C87H101NO9. The van der Waals surface area contributed by atoms with E-state index in [0.29, 0.717) is 56.8 Å². The van der Waals surface area contributed by atoms with Gasteiger partial charge in [0.25, 0.3) is 0 Å². The minimum absolute atomic E-state index is 0.0562. The van der Waals surface area contributed by atoms with Gasteiger partial charge in [-0.05, 0) is 264 Å². The predicted molar refractivity (Wildman–Crippen MR) is 369 cm³/mol. The molecule has 6 N–H and O–H groups in total. The van der Waals surface area contributed by atoms with Gasteiger partial charge in [-0.25, -0.2) is 4.79 Å². The van der Waals surface area contributed by atoms with Crippen LogP contribution in [0.3, 0.4) is 0 Å². The van der Waals surface area contributed by atoms with Gasteiger partial charge in [0.15, 0.2) is 0 Å². The minimum atomic E-state index is -2.39. The van der Waals surface area contributed by atoms with Crippen LogP contribution in [0.4, 0.5) is 0 Å². The number of aldehydes is 1. The zero-order chi connectivity index (χ0) is 65.8. The van der Waals surface area contributed by atoms with Crippen LogP contribution < -0.4 is 5.32 Å². The van der Waals surface area contributed by atoms with Crippen LogP contribution in [0.1, 0.15) is 174 Å². The van der Waals surface area contributed by atoms with Gasteiger partial charge in [-0.15, -0.1) is 5.92 Å². The number of hydrogen-bond donors (Lipinski definition) is 6. The Labute approximate surface area is 574 Å². The lowest BCUT2D eigenvalue weighted by atomic mass is 9.30. The molecule has 29 atom stereocenters. The maximum Gasteiger partial charge on any atom is 0.331 e. The second kappa shape index (κ2) is 22.5. The predicted octanol–water partition coefficient (Wildman–Crippen LogP) is 12.3. The topological polar surface area (TPSA) is 166 Å². The smallest absolute Gasteiger partial charge is 0.331 e. The number of fused-ring (bicyclic) bond motifs is 9. The molecule has 0 amide bonds. The molecule has 29 unspecified atom stereocenters. The summed E-state index contributed by atoms with van der Waals surface area (Å²) in [5.41, 5.74) is -1.71. The van der Waals surface area contributed by atoms with Crippen molar-refractivity contribution in [2.24, 2.45) is 116 Å². The van der Waals surface area contributed by atoms with E-state index in [4.69, 9.17) is 9.47 Å². The second-order valence-electron chi connectivity index (χ2n) is 35.6. The summed E-state index contributed by atoms with van der Waals surface area (Å²) < 4.78 is 14.9. The highest BCUT2D eigenvalue weighted by Crippen LogP contribution is 2.83. The van der Waals surface area contributed by atoms with Gasteiger partial charge in [-0.3, -0.25) is 0 Å². The Hall–Kier alpha value is -5.40. The molecule has 0 radical (unpaired) electrons. The normalized spacial score (nSPS) is 48.9. The van der Waals surface area contributed by atoms with Gasteiger partial charge in [-0.2, -0.15) is 0 Å². The van der Waals surface area contributed by atoms with Gasteiger partial charge in [0.05, 0.1) is 35.9 Å².